The molecule has 0 aromatic heterocycles. The van der Waals surface area contributed by atoms with Crippen molar-refractivity contribution in [3.05, 3.63) is 59.9 Å². The Morgan fingerprint density at radius 3 is 2.33 bits per heavy atom. The number of benzene rings is 2. The standard InChI is InChI=1S/C20H22FN3O3/c1-2-27-20(26)24-13-11-23(12-14-24)16-9-7-15(8-10-16)22-19(25)17-5-3-4-6-18(17)21/h3-10H,2,11-14H2,1H3,(H,22,25). The Balaban J connectivity index is 1.57. The number of amides is 2. The van der Waals surface area contributed by atoms with E-state index in [4.69, 9.17) is 4.74 Å². The van der Waals surface area contributed by atoms with Gasteiger partial charge < -0.3 is 19.9 Å². The first-order valence-corrected chi connectivity index (χ1v) is 8.91. The second-order valence-electron chi connectivity index (χ2n) is 6.15. The summed E-state index contributed by atoms with van der Waals surface area (Å²) in [4.78, 5) is 27.8. The lowest BCUT2D eigenvalue weighted by molar-refractivity contribution is 0.102. The minimum absolute atomic E-state index is 0.0108. The van der Waals surface area contributed by atoms with Gasteiger partial charge in [0.25, 0.3) is 5.91 Å². The SMILES string of the molecule is CCOC(=O)N1CCN(c2ccc(NC(=O)c3ccccc3F)cc2)CC1. The zero-order chi connectivity index (χ0) is 19.2. The number of halogens is 1. The maximum Gasteiger partial charge on any atom is 0.409 e. The van der Waals surface area contributed by atoms with Gasteiger partial charge in [0.2, 0.25) is 0 Å². The quantitative estimate of drug-likeness (QED) is 0.895. The minimum Gasteiger partial charge on any atom is -0.450 e. The molecule has 1 heterocycles. The molecule has 0 aliphatic carbocycles. The van der Waals surface area contributed by atoms with Crippen molar-refractivity contribution < 1.29 is 18.7 Å². The largest absolute Gasteiger partial charge is 0.450 e. The number of hydrogen-bond donors (Lipinski definition) is 1. The summed E-state index contributed by atoms with van der Waals surface area (Å²) in [5, 5.41) is 2.70. The Morgan fingerprint density at radius 2 is 1.70 bits per heavy atom. The summed E-state index contributed by atoms with van der Waals surface area (Å²) in [6, 6.07) is 13.2. The molecule has 7 heteroatoms. The summed E-state index contributed by atoms with van der Waals surface area (Å²) in [7, 11) is 0. The van der Waals surface area contributed by atoms with Crippen LogP contribution in [0, 0.1) is 5.82 Å². The Labute approximate surface area is 157 Å². The van der Waals surface area contributed by atoms with E-state index in [1.165, 1.54) is 12.1 Å². The van der Waals surface area contributed by atoms with E-state index in [1.54, 1.807) is 36.1 Å². The van der Waals surface area contributed by atoms with Crippen LogP contribution < -0.4 is 10.2 Å². The molecule has 0 radical (unpaired) electrons. The molecular weight excluding hydrogens is 349 g/mol. The molecule has 2 aromatic carbocycles. The maximum atomic E-state index is 13.7. The lowest BCUT2D eigenvalue weighted by Gasteiger charge is -2.35. The van der Waals surface area contributed by atoms with Crippen molar-refractivity contribution in [1.29, 1.82) is 0 Å². The van der Waals surface area contributed by atoms with Gasteiger partial charge in [0.15, 0.2) is 0 Å². The molecule has 0 saturated carbocycles. The van der Waals surface area contributed by atoms with Crippen molar-refractivity contribution >= 4 is 23.4 Å². The highest BCUT2D eigenvalue weighted by Gasteiger charge is 2.22. The smallest absolute Gasteiger partial charge is 0.409 e. The van der Waals surface area contributed by atoms with Crippen LogP contribution in [0.25, 0.3) is 0 Å². The summed E-state index contributed by atoms with van der Waals surface area (Å²) >= 11 is 0. The minimum atomic E-state index is -0.550. The van der Waals surface area contributed by atoms with E-state index in [0.717, 1.165) is 5.69 Å². The van der Waals surface area contributed by atoms with Crippen LogP contribution in [-0.4, -0.2) is 49.7 Å². The topological polar surface area (TPSA) is 61.9 Å². The molecule has 0 atom stereocenters. The van der Waals surface area contributed by atoms with Crippen molar-refractivity contribution in [2.24, 2.45) is 0 Å². The number of piperazine rings is 1. The molecule has 1 aliphatic heterocycles. The second-order valence-corrected chi connectivity index (χ2v) is 6.15. The number of rotatable bonds is 4. The zero-order valence-electron chi connectivity index (χ0n) is 15.2. The third kappa shape index (κ3) is 4.55. The number of anilines is 2. The van der Waals surface area contributed by atoms with Crippen molar-refractivity contribution in [2.75, 3.05) is 43.0 Å². The fourth-order valence-electron chi connectivity index (χ4n) is 2.96. The van der Waals surface area contributed by atoms with Crippen molar-refractivity contribution in [2.45, 2.75) is 6.92 Å². The third-order valence-electron chi connectivity index (χ3n) is 4.41. The van der Waals surface area contributed by atoms with Crippen LogP contribution in [0.3, 0.4) is 0 Å². The summed E-state index contributed by atoms with van der Waals surface area (Å²) in [5.74, 6) is -1.03. The van der Waals surface area contributed by atoms with Crippen LogP contribution in [0.1, 0.15) is 17.3 Å². The molecule has 1 fully saturated rings. The van der Waals surface area contributed by atoms with Gasteiger partial charge in [-0.15, -0.1) is 0 Å². The number of nitrogens with zero attached hydrogens (tertiary/aromatic N) is 2. The molecule has 1 N–H and O–H groups in total. The predicted octanol–water partition coefficient (Wildman–Crippen LogP) is 3.36. The van der Waals surface area contributed by atoms with Crippen LogP contribution in [0.4, 0.5) is 20.6 Å². The number of carbonyl (C=O) groups is 2. The fraction of sp³-hybridized carbons (Fsp3) is 0.300. The lowest BCUT2D eigenvalue weighted by Crippen LogP contribution is -2.49. The third-order valence-corrected chi connectivity index (χ3v) is 4.41. The van der Waals surface area contributed by atoms with Crippen LogP contribution in [0.15, 0.2) is 48.5 Å². The highest BCUT2D eigenvalue weighted by molar-refractivity contribution is 6.04. The molecule has 1 saturated heterocycles. The molecule has 6 nitrogen and oxygen atoms in total. The van der Waals surface area contributed by atoms with Crippen LogP contribution in [0.2, 0.25) is 0 Å². The van der Waals surface area contributed by atoms with E-state index in [1.807, 2.05) is 12.1 Å². The van der Waals surface area contributed by atoms with Gasteiger partial charge in [-0.2, -0.15) is 0 Å². The van der Waals surface area contributed by atoms with Crippen LogP contribution in [0.5, 0.6) is 0 Å². The number of carbonyl (C=O) groups excluding carboxylic acids is 2. The van der Waals surface area contributed by atoms with Gasteiger partial charge in [-0.1, -0.05) is 12.1 Å². The van der Waals surface area contributed by atoms with Crippen LogP contribution in [-0.2, 0) is 4.74 Å². The molecular formula is C20H22FN3O3. The van der Waals surface area contributed by atoms with Crippen molar-refractivity contribution in [3.63, 3.8) is 0 Å². The van der Waals surface area contributed by atoms with E-state index in [2.05, 4.69) is 10.2 Å². The Hall–Kier alpha value is -3.09. The number of nitrogens with one attached hydrogen (secondary N) is 1. The van der Waals surface area contributed by atoms with Gasteiger partial charge in [0, 0.05) is 37.6 Å². The average molecular weight is 371 g/mol. The van der Waals surface area contributed by atoms with Gasteiger partial charge in [-0.25, -0.2) is 9.18 Å². The Kier molecular flexibility index (Phi) is 5.90. The van der Waals surface area contributed by atoms with Crippen LogP contribution >= 0.6 is 0 Å². The van der Waals surface area contributed by atoms with Gasteiger partial charge in [0.05, 0.1) is 12.2 Å². The fourth-order valence-corrected chi connectivity index (χ4v) is 2.96. The van der Waals surface area contributed by atoms with E-state index < -0.39 is 11.7 Å². The molecule has 0 unspecified atom stereocenters. The first-order valence-electron chi connectivity index (χ1n) is 8.91. The van der Waals surface area contributed by atoms with Crippen molar-refractivity contribution in [3.8, 4) is 0 Å². The summed E-state index contributed by atoms with van der Waals surface area (Å²) < 4.78 is 18.7. The summed E-state index contributed by atoms with van der Waals surface area (Å²) in [5.41, 5.74) is 1.61. The first kappa shape index (κ1) is 18.7. The van der Waals surface area contributed by atoms with Gasteiger partial charge in [-0.05, 0) is 43.3 Å². The number of ether oxygens (including phenoxy) is 1. The molecule has 0 spiro atoms. The lowest BCUT2D eigenvalue weighted by atomic mass is 10.2. The summed E-state index contributed by atoms with van der Waals surface area (Å²) in [6.07, 6.45) is -0.275. The average Bonchev–Trinajstić information content (AvgIpc) is 2.69. The first-order chi connectivity index (χ1) is 13.1. The normalized spacial score (nSPS) is 14.0. The van der Waals surface area contributed by atoms with Gasteiger partial charge in [-0.3, -0.25) is 4.79 Å². The van der Waals surface area contributed by atoms with Gasteiger partial charge >= 0.3 is 6.09 Å². The second kappa shape index (κ2) is 8.53. The number of hydrogen-bond acceptors (Lipinski definition) is 4. The monoisotopic (exact) mass is 371 g/mol. The maximum absolute atomic E-state index is 13.7. The molecule has 2 aromatic rings. The Morgan fingerprint density at radius 1 is 1.04 bits per heavy atom. The predicted molar refractivity (Wildman–Crippen MR) is 102 cm³/mol. The van der Waals surface area contributed by atoms with Crippen molar-refractivity contribution in [1.82, 2.24) is 4.90 Å². The van der Waals surface area contributed by atoms with E-state index in [9.17, 15) is 14.0 Å². The molecule has 2 amide bonds. The molecule has 27 heavy (non-hydrogen) atoms. The molecule has 3 rings (SSSR count). The van der Waals surface area contributed by atoms with E-state index in [-0.39, 0.29) is 11.7 Å². The highest BCUT2D eigenvalue weighted by Crippen LogP contribution is 2.20. The highest BCUT2D eigenvalue weighted by atomic mass is 19.1. The Bertz CT molecular complexity index is 802. The van der Waals surface area contributed by atoms with Gasteiger partial charge in [0.1, 0.15) is 5.82 Å². The van der Waals surface area contributed by atoms with E-state index in [0.29, 0.717) is 38.5 Å². The molecule has 1 aliphatic rings. The summed E-state index contributed by atoms with van der Waals surface area (Å²) in [6.45, 7) is 4.79. The zero-order valence-corrected chi connectivity index (χ0v) is 15.2. The molecule has 0 bridgehead atoms. The van der Waals surface area contributed by atoms with E-state index >= 15 is 0 Å². The molecule has 142 valence electrons.